The number of anilines is 1. The molecule has 106 valence electrons. The van der Waals surface area contributed by atoms with Crippen LogP contribution in [0, 0.1) is 13.8 Å². The van der Waals surface area contributed by atoms with Crippen molar-refractivity contribution in [3.05, 3.63) is 34.3 Å². The molecule has 0 saturated heterocycles. The maximum absolute atomic E-state index is 11.9. The Morgan fingerprint density at radius 1 is 1.35 bits per heavy atom. The third-order valence-corrected chi connectivity index (χ3v) is 4.36. The van der Waals surface area contributed by atoms with Crippen molar-refractivity contribution in [1.29, 1.82) is 0 Å². The highest BCUT2D eigenvalue weighted by atomic mass is 32.2. The molecule has 2 rings (SSSR count). The monoisotopic (exact) mass is 312 g/mol. The molecule has 7 nitrogen and oxygen atoms in total. The van der Waals surface area contributed by atoms with E-state index in [2.05, 4.69) is 14.9 Å². The van der Waals surface area contributed by atoms with Gasteiger partial charge in [-0.05, 0) is 48.6 Å². The smallest absolute Gasteiger partial charge is 0.269 e. The summed E-state index contributed by atoms with van der Waals surface area (Å²) in [5.41, 5.74) is 1.88. The molecular weight excluding hydrogens is 300 g/mol. The predicted octanol–water partition coefficient (Wildman–Crippen LogP) is 1.05. The number of nitrogens with two attached hydrogens (primary N) is 1. The Morgan fingerprint density at radius 3 is 2.60 bits per heavy atom. The van der Waals surface area contributed by atoms with Gasteiger partial charge in [-0.2, -0.15) is 0 Å². The van der Waals surface area contributed by atoms with E-state index >= 15 is 0 Å². The van der Waals surface area contributed by atoms with Crippen LogP contribution < -0.4 is 10.5 Å². The molecule has 0 spiro atoms. The molecule has 9 heteroatoms. The number of aromatic nitrogens is 2. The first kappa shape index (κ1) is 14.6. The molecule has 2 aromatic rings. The zero-order valence-corrected chi connectivity index (χ0v) is 12.4. The van der Waals surface area contributed by atoms with Crippen molar-refractivity contribution in [3.63, 3.8) is 0 Å². The van der Waals surface area contributed by atoms with Gasteiger partial charge < -0.3 is 5.32 Å². The van der Waals surface area contributed by atoms with E-state index in [1.165, 1.54) is 18.3 Å². The summed E-state index contributed by atoms with van der Waals surface area (Å²) >= 11 is 0.954. The van der Waals surface area contributed by atoms with E-state index in [1.807, 2.05) is 0 Å². The zero-order chi connectivity index (χ0) is 14.9. The minimum atomic E-state index is -3.83. The van der Waals surface area contributed by atoms with Gasteiger partial charge in [0.25, 0.3) is 5.91 Å². The largest absolute Gasteiger partial charge is 0.321 e. The first-order valence-electron chi connectivity index (χ1n) is 5.52. The molecule has 1 aromatic carbocycles. The summed E-state index contributed by atoms with van der Waals surface area (Å²) in [4.78, 5) is 12.2. The number of primary sulfonamides is 1. The van der Waals surface area contributed by atoms with Gasteiger partial charge in [-0.3, -0.25) is 4.79 Å². The van der Waals surface area contributed by atoms with Crippen LogP contribution in [0.1, 0.15) is 20.8 Å². The van der Waals surface area contributed by atoms with E-state index in [0.29, 0.717) is 16.1 Å². The number of amides is 1. The first-order valence-corrected chi connectivity index (χ1v) is 7.84. The van der Waals surface area contributed by atoms with Gasteiger partial charge in [0, 0.05) is 5.69 Å². The van der Waals surface area contributed by atoms with Gasteiger partial charge in [-0.15, -0.1) is 5.10 Å². The molecule has 0 unspecified atom stereocenters. The van der Waals surface area contributed by atoms with Crippen LogP contribution in [-0.4, -0.2) is 23.9 Å². The fourth-order valence-electron chi connectivity index (χ4n) is 1.57. The summed E-state index contributed by atoms with van der Waals surface area (Å²) in [5.74, 6) is -0.394. The van der Waals surface area contributed by atoms with Crippen molar-refractivity contribution in [2.45, 2.75) is 18.7 Å². The van der Waals surface area contributed by atoms with Gasteiger partial charge in [-0.25, -0.2) is 13.6 Å². The number of benzene rings is 1. The average Bonchev–Trinajstić information content (AvgIpc) is 2.87. The van der Waals surface area contributed by atoms with E-state index in [-0.39, 0.29) is 4.90 Å². The Kier molecular flexibility index (Phi) is 3.84. The summed E-state index contributed by atoms with van der Waals surface area (Å²) in [6.45, 7) is 3.52. The SMILES string of the molecule is Cc1cc(S(N)(=O)=O)cc(NC(=O)c2cnns2)c1C. The van der Waals surface area contributed by atoms with E-state index in [0.717, 1.165) is 17.1 Å². The van der Waals surface area contributed by atoms with Crippen molar-refractivity contribution in [2.75, 3.05) is 5.32 Å². The Hall–Kier alpha value is -1.84. The number of nitrogens with zero attached hydrogens (tertiary/aromatic N) is 2. The van der Waals surface area contributed by atoms with Gasteiger partial charge >= 0.3 is 0 Å². The van der Waals surface area contributed by atoms with Crippen LogP contribution in [0.25, 0.3) is 0 Å². The third-order valence-electron chi connectivity index (χ3n) is 2.80. The van der Waals surface area contributed by atoms with Crippen molar-refractivity contribution in [3.8, 4) is 0 Å². The van der Waals surface area contributed by atoms with Crippen molar-refractivity contribution in [2.24, 2.45) is 5.14 Å². The fraction of sp³-hybridized carbons (Fsp3) is 0.182. The highest BCUT2D eigenvalue weighted by Crippen LogP contribution is 2.24. The molecule has 0 atom stereocenters. The molecule has 1 heterocycles. The molecule has 0 fully saturated rings. The average molecular weight is 312 g/mol. The molecule has 20 heavy (non-hydrogen) atoms. The second-order valence-electron chi connectivity index (χ2n) is 4.19. The molecule has 0 radical (unpaired) electrons. The van der Waals surface area contributed by atoms with Gasteiger partial charge in [0.2, 0.25) is 10.0 Å². The number of carbonyl (C=O) groups excluding carboxylic acids is 1. The van der Waals surface area contributed by atoms with Crippen LogP contribution in [0.3, 0.4) is 0 Å². The highest BCUT2D eigenvalue weighted by molar-refractivity contribution is 7.89. The highest BCUT2D eigenvalue weighted by Gasteiger charge is 2.15. The van der Waals surface area contributed by atoms with Crippen LogP contribution in [0.2, 0.25) is 0 Å². The molecule has 0 saturated carbocycles. The van der Waals surface area contributed by atoms with Crippen LogP contribution in [-0.2, 0) is 10.0 Å². The molecular formula is C11H12N4O3S2. The number of rotatable bonds is 3. The van der Waals surface area contributed by atoms with E-state index in [1.54, 1.807) is 13.8 Å². The lowest BCUT2D eigenvalue weighted by atomic mass is 10.1. The van der Waals surface area contributed by atoms with Crippen molar-refractivity contribution in [1.82, 2.24) is 9.59 Å². The number of nitrogens with one attached hydrogen (secondary N) is 1. The predicted molar refractivity (Wildman–Crippen MR) is 75.2 cm³/mol. The quantitative estimate of drug-likeness (QED) is 0.879. The lowest BCUT2D eigenvalue weighted by Gasteiger charge is -2.11. The summed E-state index contributed by atoms with van der Waals surface area (Å²) in [6.07, 6.45) is 1.34. The molecule has 0 aliphatic rings. The number of hydrogen-bond acceptors (Lipinski definition) is 6. The van der Waals surface area contributed by atoms with Crippen LogP contribution in [0.4, 0.5) is 5.69 Å². The number of hydrogen-bond donors (Lipinski definition) is 2. The minimum Gasteiger partial charge on any atom is -0.321 e. The molecule has 1 aromatic heterocycles. The molecule has 0 bridgehead atoms. The summed E-state index contributed by atoms with van der Waals surface area (Å²) in [6, 6.07) is 2.80. The van der Waals surface area contributed by atoms with E-state index in [9.17, 15) is 13.2 Å². The van der Waals surface area contributed by atoms with Gasteiger partial charge in [-0.1, -0.05) is 4.49 Å². The second kappa shape index (κ2) is 5.27. The second-order valence-corrected chi connectivity index (χ2v) is 6.54. The first-order chi connectivity index (χ1) is 9.29. The standard InChI is InChI=1S/C11H12N4O3S2/c1-6-3-8(20(12,17)18)4-9(7(6)2)14-11(16)10-5-13-15-19-10/h3-5H,1-2H3,(H,14,16)(H2,12,17,18). The Bertz CT molecular complexity index is 754. The Balaban J connectivity index is 2.41. The number of carbonyl (C=O) groups is 1. The summed E-state index contributed by atoms with van der Waals surface area (Å²) in [7, 11) is -3.83. The van der Waals surface area contributed by atoms with Gasteiger partial charge in [0.15, 0.2) is 0 Å². The maximum Gasteiger partial charge on any atom is 0.269 e. The summed E-state index contributed by atoms with van der Waals surface area (Å²) in [5, 5.41) is 11.3. The van der Waals surface area contributed by atoms with Crippen LogP contribution >= 0.6 is 11.5 Å². The van der Waals surface area contributed by atoms with E-state index < -0.39 is 15.9 Å². The van der Waals surface area contributed by atoms with Crippen molar-refractivity contribution >= 4 is 33.2 Å². The van der Waals surface area contributed by atoms with Crippen LogP contribution in [0.15, 0.2) is 23.2 Å². The normalized spacial score (nSPS) is 11.3. The minimum absolute atomic E-state index is 0.0432. The molecule has 0 aliphatic heterocycles. The molecule has 3 N–H and O–H groups in total. The topological polar surface area (TPSA) is 115 Å². The van der Waals surface area contributed by atoms with Crippen LogP contribution in [0.5, 0.6) is 0 Å². The third kappa shape index (κ3) is 3.00. The number of sulfonamides is 1. The number of aryl methyl sites for hydroxylation is 1. The Morgan fingerprint density at radius 2 is 2.05 bits per heavy atom. The zero-order valence-electron chi connectivity index (χ0n) is 10.7. The Labute approximate surface area is 120 Å². The maximum atomic E-state index is 11.9. The lowest BCUT2D eigenvalue weighted by Crippen LogP contribution is -2.15. The summed E-state index contributed by atoms with van der Waals surface area (Å²) < 4.78 is 26.4. The molecule has 1 amide bonds. The van der Waals surface area contributed by atoms with E-state index in [4.69, 9.17) is 5.14 Å². The van der Waals surface area contributed by atoms with Gasteiger partial charge in [0.05, 0.1) is 11.1 Å². The van der Waals surface area contributed by atoms with Crippen molar-refractivity contribution < 1.29 is 13.2 Å². The molecule has 0 aliphatic carbocycles. The fourth-order valence-corrected chi connectivity index (χ4v) is 2.61. The lowest BCUT2D eigenvalue weighted by molar-refractivity contribution is 0.103. The van der Waals surface area contributed by atoms with Gasteiger partial charge in [0.1, 0.15) is 4.88 Å².